The van der Waals surface area contributed by atoms with E-state index in [-0.39, 0.29) is 0 Å². The Morgan fingerprint density at radius 3 is 2.72 bits per heavy atom. The van der Waals surface area contributed by atoms with Crippen LogP contribution in [0.25, 0.3) is 22.2 Å². The summed E-state index contributed by atoms with van der Waals surface area (Å²) in [6.07, 6.45) is 2.36. The number of benzene rings is 2. The molecule has 1 aliphatic heterocycles. The fourth-order valence-corrected chi connectivity index (χ4v) is 4.06. The topological polar surface area (TPSA) is 58.1 Å². The van der Waals surface area contributed by atoms with Crippen molar-refractivity contribution in [3.63, 3.8) is 0 Å². The second kappa shape index (κ2) is 8.69. The lowest BCUT2D eigenvalue weighted by Gasteiger charge is -2.34. The molecular weight excluding hydrogens is 358 g/mol. The standard InChI is InChI=1S/C24H29N5/c1-28(2)13-10-26-21-8-11-29(12-9-21)22-5-3-4-19(15-22)24-16-20-14-18(17-25)6-7-23(20)27-24/h3-7,14-16,21,26-27H,8-13H2,1-2H3. The van der Waals surface area contributed by atoms with Crippen molar-refractivity contribution in [2.24, 2.45) is 0 Å². The predicted molar refractivity (Wildman–Crippen MR) is 120 cm³/mol. The van der Waals surface area contributed by atoms with E-state index in [9.17, 15) is 0 Å². The zero-order chi connectivity index (χ0) is 20.2. The summed E-state index contributed by atoms with van der Waals surface area (Å²) in [5.74, 6) is 0. The number of aromatic nitrogens is 1. The molecule has 0 spiro atoms. The van der Waals surface area contributed by atoms with Crippen molar-refractivity contribution in [3.8, 4) is 17.3 Å². The molecule has 1 aliphatic rings. The van der Waals surface area contributed by atoms with E-state index in [2.05, 4.69) is 70.6 Å². The van der Waals surface area contributed by atoms with Crippen LogP contribution in [0.2, 0.25) is 0 Å². The van der Waals surface area contributed by atoms with Crippen LogP contribution in [0.15, 0.2) is 48.5 Å². The molecule has 2 heterocycles. The van der Waals surface area contributed by atoms with Gasteiger partial charge in [-0.1, -0.05) is 12.1 Å². The van der Waals surface area contributed by atoms with E-state index >= 15 is 0 Å². The van der Waals surface area contributed by atoms with E-state index in [1.165, 1.54) is 24.1 Å². The van der Waals surface area contributed by atoms with Crippen molar-refractivity contribution < 1.29 is 0 Å². The van der Waals surface area contributed by atoms with E-state index in [1.54, 1.807) is 0 Å². The molecule has 0 saturated carbocycles. The van der Waals surface area contributed by atoms with Crippen molar-refractivity contribution in [2.45, 2.75) is 18.9 Å². The summed E-state index contributed by atoms with van der Waals surface area (Å²) in [6, 6.07) is 19.5. The maximum absolute atomic E-state index is 9.12. The van der Waals surface area contributed by atoms with Crippen molar-refractivity contribution in [2.75, 3.05) is 45.2 Å². The Labute approximate surface area is 172 Å². The molecule has 1 aromatic heterocycles. The second-order valence-electron chi connectivity index (χ2n) is 8.17. The molecule has 3 aromatic rings. The number of nitrogens with one attached hydrogen (secondary N) is 2. The fourth-order valence-electron chi connectivity index (χ4n) is 4.06. The van der Waals surface area contributed by atoms with Crippen molar-refractivity contribution in [3.05, 3.63) is 54.1 Å². The van der Waals surface area contributed by atoms with Crippen LogP contribution in [-0.2, 0) is 0 Å². The summed E-state index contributed by atoms with van der Waals surface area (Å²) in [7, 11) is 4.24. The molecule has 29 heavy (non-hydrogen) atoms. The maximum atomic E-state index is 9.12. The summed E-state index contributed by atoms with van der Waals surface area (Å²) in [5.41, 5.74) is 5.32. The van der Waals surface area contributed by atoms with Crippen LogP contribution in [-0.4, -0.2) is 56.2 Å². The molecular formula is C24H29N5. The van der Waals surface area contributed by atoms with Gasteiger partial charge in [0, 0.05) is 54.5 Å². The van der Waals surface area contributed by atoms with Crippen LogP contribution < -0.4 is 10.2 Å². The molecule has 0 amide bonds. The van der Waals surface area contributed by atoms with Gasteiger partial charge >= 0.3 is 0 Å². The molecule has 0 aliphatic carbocycles. The van der Waals surface area contributed by atoms with E-state index < -0.39 is 0 Å². The van der Waals surface area contributed by atoms with E-state index in [4.69, 9.17) is 5.26 Å². The molecule has 0 radical (unpaired) electrons. The maximum Gasteiger partial charge on any atom is 0.0991 e. The number of hydrogen-bond donors (Lipinski definition) is 2. The molecule has 1 saturated heterocycles. The smallest absolute Gasteiger partial charge is 0.0991 e. The lowest BCUT2D eigenvalue weighted by Crippen LogP contribution is -2.44. The average Bonchev–Trinajstić information content (AvgIpc) is 3.17. The first-order valence-electron chi connectivity index (χ1n) is 10.4. The van der Waals surface area contributed by atoms with E-state index in [1.807, 2.05) is 18.2 Å². The first-order chi connectivity index (χ1) is 14.1. The number of H-pyrrole nitrogens is 1. The average molecular weight is 388 g/mol. The van der Waals surface area contributed by atoms with Crippen LogP contribution >= 0.6 is 0 Å². The van der Waals surface area contributed by atoms with Gasteiger partial charge in [0.25, 0.3) is 0 Å². The highest BCUT2D eigenvalue weighted by Crippen LogP contribution is 2.29. The molecule has 0 bridgehead atoms. The Hall–Kier alpha value is -2.81. The van der Waals surface area contributed by atoms with E-state index in [0.29, 0.717) is 11.6 Å². The van der Waals surface area contributed by atoms with Gasteiger partial charge in [0.05, 0.1) is 11.6 Å². The molecule has 5 heteroatoms. The first-order valence-corrected chi connectivity index (χ1v) is 10.4. The summed E-state index contributed by atoms with van der Waals surface area (Å²) in [5, 5.41) is 13.9. The highest BCUT2D eigenvalue weighted by atomic mass is 15.2. The van der Waals surface area contributed by atoms with Crippen molar-refractivity contribution >= 4 is 16.6 Å². The van der Waals surface area contributed by atoms with E-state index in [0.717, 1.165) is 42.8 Å². The largest absolute Gasteiger partial charge is 0.371 e. The van der Waals surface area contributed by atoms with Gasteiger partial charge in [0.1, 0.15) is 0 Å². The number of aromatic amines is 1. The van der Waals surface area contributed by atoms with Gasteiger partial charge in [-0.05, 0) is 68.9 Å². The monoisotopic (exact) mass is 387 g/mol. The normalized spacial score (nSPS) is 15.2. The minimum Gasteiger partial charge on any atom is -0.371 e. The Bertz CT molecular complexity index is 1010. The molecule has 150 valence electrons. The Balaban J connectivity index is 1.44. The quantitative estimate of drug-likeness (QED) is 0.675. The van der Waals surface area contributed by atoms with Gasteiger partial charge in [-0.15, -0.1) is 0 Å². The van der Waals surface area contributed by atoms with Gasteiger partial charge in [0.2, 0.25) is 0 Å². The summed E-state index contributed by atoms with van der Waals surface area (Å²) in [4.78, 5) is 8.20. The number of fused-ring (bicyclic) bond motifs is 1. The SMILES string of the molecule is CN(C)CCNC1CCN(c2cccc(-c3cc4cc(C#N)ccc4[nH]3)c2)CC1. The number of rotatable bonds is 6. The second-order valence-corrected chi connectivity index (χ2v) is 8.17. The number of piperidine rings is 1. The molecule has 1 fully saturated rings. The Kier molecular flexibility index (Phi) is 5.84. The molecule has 0 unspecified atom stereocenters. The van der Waals surface area contributed by atoms with Gasteiger partial charge in [0.15, 0.2) is 0 Å². The third-order valence-electron chi connectivity index (χ3n) is 5.76. The number of likely N-dealkylation sites (N-methyl/N-ethyl adjacent to an activating group) is 1. The number of hydrogen-bond acceptors (Lipinski definition) is 4. The molecule has 5 nitrogen and oxygen atoms in total. The molecule has 2 N–H and O–H groups in total. The fraction of sp³-hybridized carbons (Fsp3) is 0.375. The van der Waals surface area contributed by atoms with Gasteiger partial charge in [-0.3, -0.25) is 0 Å². The number of nitriles is 1. The Morgan fingerprint density at radius 1 is 1.14 bits per heavy atom. The number of nitrogens with zero attached hydrogens (tertiary/aromatic N) is 3. The van der Waals surface area contributed by atoms with Crippen LogP contribution in [0.5, 0.6) is 0 Å². The molecule has 2 aromatic carbocycles. The zero-order valence-corrected chi connectivity index (χ0v) is 17.3. The highest BCUT2D eigenvalue weighted by molar-refractivity contribution is 5.87. The highest BCUT2D eigenvalue weighted by Gasteiger charge is 2.19. The third kappa shape index (κ3) is 4.61. The lowest BCUT2D eigenvalue weighted by molar-refractivity contribution is 0.359. The first kappa shape index (κ1) is 19.5. The summed E-state index contributed by atoms with van der Waals surface area (Å²) < 4.78 is 0. The molecule has 0 atom stereocenters. The van der Waals surface area contributed by atoms with Crippen molar-refractivity contribution in [1.29, 1.82) is 5.26 Å². The van der Waals surface area contributed by atoms with Crippen LogP contribution in [0, 0.1) is 11.3 Å². The van der Waals surface area contributed by atoms with Crippen LogP contribution in [0.3, 0.4) is 0 Å². The lowest BCUT2D eigenvalue weighted by atomic mass is 10.0. The third-order valence-corrected chi connectivity index (χ3v) is 5.76. The van der Waals surface area contributed by atoms with Crippen LogP contribution in [0.4, 0.5) is 5.69 Å². The summed E-state index contributed by atoms with van der Waals surface area (Å²) in [6.45, 7) is 4.31. The van der Waals surface area contributed by atoms with Gasteiger partial charge < -0.3 is 20.1 Å². The predicted octanol–water partition coefficient (Wildman–Crippen LogP) is 3.83. The van der Waals surface area contributed by atoms with Crippen LogP contribution in [0.1, 0.15) is 18.4 Å². The van der Waals surface area contributed by atoms with Gasteiger partial charge in [-0.2, -0.15) is 5.26 Å². The summed E-state index contributed by atoms with van der Waals surface area (Å²) >= 11 is 0. The van der Waals surface area contributed by atoms with Gasteiger partial charge in [-0.25, -0.2) is 0 Å². The minimum absolute atomic E-state index is 0.623. The zero-order valence-electron chi connectivity index (χ0n) is 17.3. The Morgan fingerprint density at radius 2 is 1.97 bits per heavy atom. The minimum atomic E-state index is 0.623. The number of anilines is 1. The van der Waals surface area contributed by atoms with Crippen molar-refractivity contribution in [1.82, 2.24) is 15.2 Å². The molecule has 4 rings (SSSR count).